The molecule has 1 atom stereocenters. The molecule has 0 aliphatic carbocycles. The van der Waals surface area contributed by atoms with Crippen molar-refractivity contribution in [1.29, 1.82) is 0 Å². The van der Waals surface area contributed by atoms with E-state index in [1.807, 2.05) is 37.3 Å². The number of carbonyl (C=O) groups excluding carboxylic acids is 2. The van der Waals surface area contributed by atoms with E-state index in [1.54, 1.807) is 42.8 Å². The monoisotopic (exact) mass is 470 g/mol. The van der Waals surface area contributed by atoms with E-state index in [0.29, 0.717) is 33.5 Å². The zero-order chi connectivity index (χ0) is 23.3. The largest absolute Gasteiger partial charge is 0.451 e. The van der Waals surface area contributed by atoms with E-state index in [1.165, 1.54) is 6.08 Å². The molecule has 32 heavy (non-hydrogen) atoms. The van der Waals surface area contributed by atoms with Gasteiger partial charge in [-0.1, -0.05) is 72.6 Å². The molecule has 1 unspecified atom stereocenters. The number of aryl methyl sites for hydroxylation is 2. The summed E-state index contributed by atoms with van der Waals surface area (Å²) < 4.78 is 6.90. The maximum atomic E-state index is 12.5. The molecule has 0 N–H and O–H groups in total. The van der Waals surface area contributed by atoms with Crippen LogP contribution in [-0.2, 0) is 22.5 Å². The molecule has 3 aromatic rings. The number of hydrogen-bond acceptors (Lipinski definition) is 4. The highest BCUT2D eigenvalue weighted by atomic mass is 35.5. The third kappa shape index (κ3) is 5.67. The van der Waals surface area contributed by atoms with Crippen LogP contribution in [0.5, 0.6) is 0 Å². The number of Topliss-reactive ketones (excluding diaryl/α,β-unsaturated/α-hetero) is 1. The standard InChI is InChI=1S/C25H24Cl2N2O3/c1-4-18-9-11-19(12-10-18)24(31)17(3)32-23(30)14-13-21-16(2)28-29(25(21)27)15-20-7-5-6-8-22(20)26/h5-14,17H,4,15H2,1-3H3. The van der Waals surface area contributed by atoms with Crippen LogP contribution in [-0.4, -0.2) is 27.6 Å². The molecule has 7 heteroatoms. The first-order valence-electron chi connectivity index (χ1n) is 10.3. The SMILES string of the molecule is CCc1ccc(C(=O)C(C)OC(=O)C=Cc2c(C)nn(Cc3ccccc3Cl)c2Cl)cc1. The lowest BCUT2D eigenvalue weighted by Crippen LogP contribution is -2.23. The number of aromatic nitrogens is 2. The van der Waals surface area contributed by atoms with Crippen molar-refractivity contribution < 1.29 is 14.3 Å². The molecule has 166 valence electrons. The Balaban J connectivity index is 1.66. The topological polar surface area (TPSA) is 61.2 Å². The normalized spacial score (nSPS) is 12.2. The van der Waals surface area contributed by atoms with Crippen LogP contribution >= 0.6 is 23.2 Å². The summed E-state index contributed by atoms with van der Waals surface area (Å²) in [5.74, 6) is -0.887. The van der Waals surface area contributed by atoms with E-state index >= 15 is 0 Å². The van der Waals surface area contributed by atoms with Crippen molar-refractivity contribution in [2.75, 3.05) is 0 Å². The predicted octanol–water partition coefficient (Wildman–Crippen LogP) is 5.94. The summed E-state index contributed by atoms with van der Waals surface area (Å²) in [5.41, 5.74) is 3.78. The average Bonchev–Trinajstić information content (AvgIpc) is 3.05. The van der Waals surface area contributed by atoms with Crippen LogP contribution in [0.2, 0.25) is 10.2 Å². The van der Waals surface area contributed by atoms with Gasteiger partial charge in [0.15, 0.2) is 6.10 Å². The Bertz CT molecular complexity index is 1150. The lowest BCUT2D eigenvalue weighted by Gasteiger charge is -2.11. The minimum absolute atomic E-state index is 0.254. The van der Waals surface area contributed by atoms with E-state index in [-0.39, 0.29) is 5.78 Å². The minimum Gasteiger partial charge on any atom is -0.451 e. The van der Waals surface area contributed by atoms with E-state index in [4.69, 9.17) is 27.9 Å². The number of halogens is 2. The third-order valence-corrected chi connectivity index (χ3v) is 5.85. The fraction of sp³-hybridized carbons (Fsp3) is 0.240. The lowest BCUT2D eigenvalue weighted by atomic mass is 10.0. The van der Waals surface area contributed by atoms with Gasteiger partial charge in [0.2, 0.25) is 5.78 Å². The van der Waals surface area contributed by atoms with Gasteiger partial charge < -0.3 is 4.74 Å². The summed E-state index contributed by atoms with van der Waals surface area (Å²) in [4.78, 5) is 24.8. The van der Waals surface area contributed by atoms with Crippen molar-refractivity contribution >= 4 is 41.0 Å². The fourth-order valence-corrected chi connectivity index (χ4v) is 3.70. The Hall–Kier alpha value is -2.89. The number of ether oxygens (including phenoxy) is 1. The summed E-state index contributed by atoms with van der Waals surface area (Å²) >= 11 is 12.7. The molecule has 0 saturated carbocycles. The van der Waals surface area contributed by atoms with Crippen molar-refractivity contribution in [3.8, 4) is 0 Å². The number of hydrogen-bond donors (Lipinski definition) is 0. The van der Waals surface area contributed by atoms with Gasteiger partial charge in [-0.15, -0.1) is 0 Å². The predicted molar refractivity (Wildman–Crippen MR) is 127 cm³/mol. The number of ketones is 1. The number of rotatable bonds is 8. The van der Waals surface area contributed by atoms with Crippen molar-refractivity contribution in [3.63, 3.8) is 0 Å². The van der Waals surface area contributed by atoms with Gasteiger partial charge in [0.05, 0.1) is 12.2 Å². The summed E-state index contributed by atoms with van der Waals surface area (Å²) in [6.45, 7) is 5.80. The molecule has 0 saturated heterocycles. The highest BCUT2D eigenvalue weighted by Crippen LogP contribution is 2.24. The van der Waals surface area contributed by atoms with Crippen LogP contribution in [0.15, 0.2) is 54.6 Å². The average molecular weight is 471 g/mol. The van der Waals surface area contributed by atoms with Crippen molar-refractivity contribution in [3.05, 3.63) is 92.7 Å². The van der Waals surface area contributed by atoms with Gasteiger partial charge in [-0.2, -0.15) is 5.10 Å². The van der Waals surface area contributed by atoms with Crippen LogP contribution in [0.1, 0.15) is 46.6 Å². The van der Waals surface area contributed by atoms with Gasteiger partial charge in [0.25, 0.3) is 0 Å². The number of esters is 1. The molecule has 2 aromatic carbocycles. The molecular weight excluding hydrogens is 447 g/mol. The quantitative estimate of drug-likeness (QED) is 0.232. The van der Waals surface area contributed by atoms with Crippen molar-refractivity contribution in [2.45, 2.75) is 39.8 Å². The van der Waals surface area contributed by atoms with Crippen molar-refractivity contribution in [1.82, 2.24) is 9.78 Å². The third-order valence-electron chi connectivity index (χ3n) is 5.08. The van der Waals surface area contributed by atoms with Gasteiger partial charge >= 0.3 is 5.97 Å². The number of nitrogens with zero attached hydrogens (tertiary/aromatic N) is 2. The highest BCUT2D eigenvalue weighted by molar-refractivity contribution is 6.32. The Labute approximate surface area is 197 Å². The van der Waals surface area contributed by atoms with Gasteiger partial charge in [-0.25, -0.2) is 9.48 Å². The Morgan fingerprint density at radius 2 is 1.81 bits per heavy atom. The van der Waals surface area contributed by atoms with E-state index < -0.39 is 12.1 Å². The van der Waals surface area contributed by atoms with Gasteiger partial charge in [0, 0.05) is 22.2 Å². The second kappa shape index (κ2) is 10.6. The van der Waals surface area contributed by atoms with E-state index in [0.717, 1.165) is 17.5 Å². The molecule has 0 bridgehead atoms. The Morgan fingerprint density at radius 1 is 1.12 bits per heavy atom. The molecule has 0 fully saturated rings. The second-order valence-electron chi connectivity index (χ2n) is 7.37. The molecule has 0 spiro atoms. The Kier molecular flexibility index (Phi) is 7.89. The molecule has 5 nitrogen and oxygen atoms in total. The molecule has 0 aliphatic rings. The first-order valence-corrected chi connectivity index (χ1v) is 11.0. The first-order chi connectivity index (χ1) is 15.3. The molecular formula is C25H24Cl2N2O3. The number of benzene rings is 2. The van der Waals surface area contributed by atoms with E-state index in [9.17, 15) is 9.59 Å². The molecule has 0 aliphatic heterocycles. The second-order valence-corrected chi connectivity index (χ2v) is 8.13. The highest BCUT2D eigenvalue weighted by Gasteiger charge is 2.19. The number of carbonyl (C=O) groups is 2. The molecule has 1 aromatic heterocycles. The lowest BCUT2D eigenvalue weighted by molar-refractivity contribution is -0.140. The van der Waals surface area contributed by atoms with Crippen molar-refractivity contribution in [2.24, 2.45) is 0 Å². The first kappa shape index (κ1) is 23.8. The summed E-state index contributed by atoms with van der Waals surface area (Å²) in [6.07, 6.45) is 2.78. The summed E-state index contributed by atoms with van der Waals surface area (Å²) in [6, 6.07) is 14.7. The molecule has 3 rings (SSSR count). The van der Waals surface area contributed by atoms with Gasteiger partial charge in [-0.05, 0) is 43.5 Å². The van der Waals surface area contributed by atoms with E-state index in [2.05, 4.69) is 5.10 Å². The van der Waals surface area contributed by atoms with Crippen LogP contribution in [0.25, 0.3) is 6.08 Å². The fourth-order valence-electron chi connectivity index (χ4n) is 3.21. The molecule has 0 radical (unpaired) electrons. The van der Waals surface area contributed by atoms with Crippen LogP contribution in [0.4, 0.5) is 0 Å². The van der Waals surface area contributed by atoms with Gasteiger partial charge in [0.1, 0.15) is 5.15 Å². The molecule has 0 amide bonds. The zero-order valence-electron chi connectivity index (χ0n) is 18.1. The minimum atomic E-state index is -0.904. The summed E-state index contributed by atoms with van der Waals surface area (Å²) in [7, 11) is 0. The maximum absolute atomic E-state index is 12.5. The Morgan fingerprint density at radius 3 is 2.47 bits per heavy atom. The van der Waals surface area contributed by atoms with Crippen LogP contribution in [0, 0.1) is 6.92 Å². The summed E-state index contributed by atoms with van der Waals surface area (Å²) in [5, 5.41) is 5.44. The van der Waals surface area contributed by atoms with Gasteiger partial charge in [-0.3, -0.25) is 4.79 Å². The zero-order valence-corrected chi connectivity index (χ0v) is 19.7. The van der Waals surface area contributed by atoms with Crippen LogP contribution in [0.3, 0.4) is 0 Å². The maximum Gasteiger partial charge on any atom is 0.331 e. The smallest absolute Gasteiger partial charge is 0.331 e. The molecule has 1 heterocycles. The van der Waals surface area contributed by atoms with Crippen LogP contribution < -0.4 is 0 Å².